The van der Waals surface area contributed by atoms with E-state index in [2.05, 4.69) is 64.5 Å². The monoisotopic (exact) mass is 828 g/mol. The molecule has 0 unspecified atom stereocenters. The van der Waals surface area contributed by atoms with Crippen LogP contribution in [0.2, 0.25) is 15.6 Å². The number of hydrogen-bond acceptors (Lipinski definition) is 18. The van der Waals surface area contributed by atoms with E-state index < -0.39 is 0 Å². The summed E-state index contributed by atoms with van der Waals surface area (Å²) in [6, 6.07) is 1.23. The van der Waals surface area contributed by atoms with Crippen LogP contribution in [0.3, 0.4) is 0 Å². The summed E-state index contributed by atoms with van der Waals surface area (Å²) in [5.74, 6) is 0.862. The van der Waals surface area contributed by atoms with E-state index in [4.69, 9.17) is 74.7 Å². The molecule has 2 saturated heterocycles. The second-order valence-corrected chi connectivity index (χ2v) is 13.2. The van der Waals surface area contributed by atoms with Crippen LogP contribution >= 0.6 is 34.8 Å². The first-order valence-electron chi connectivity index (χ1n) is 17.8. The van der Waals surface area contributed by atoms with E-state index in [0.29, 0.717) is 77.5 Å². The number of rotatable bonds is 21. The number of nitrogen functional groups attached to an aromatic ring is 2. The van der Waals surface area contributed by atoms with Crippen molar-refractivity contribution in [3.8, 4) is 0 Å². The summed E-state index contributed by atoms with van der Waals surface area (Å²) in [6.07, 6.45) is 4.55. The molecule has 0 aromatic carbocycles. The minimum absolute atomic E-state index is 0. The average Bonchev–Trinajstić information content (AvgIpc) is 3.17. The topological polar surface area (TPSA) is 207 Å². The lowest BCUT2D eigenvalue weighted by molar-refractivity contribution is 0.0177. The van der Waals surface area contributed by atoms with Gasteiger partial charge in [-0.3, -0.25) is 0 Å². The van der Waals surface area contributed by atoms with Gasteiger partial charge in [0.2, 0.25) is 11.2 Å². The van der Waals surface area contributed by atoms with Gasteiger partial charge in [-0.25, -0.2) is 0 Å². The molecule has 0 atom stereocenters. The Hall–Kier alpha value is -2.07. The molecule has 4 rings (SSSR count). The number of hydrogen-bond donors (Lipinski definition) is 3. The van der Waals surface area contributed by atoms with E-state index >= 15 is 0 Å². The molecule has 5 N–H and O–H groups in total. The number of nitrogens with zero attached hydrogens (tertiary/aromatic N) is 9. The first-order valence-corrected chi connectivity index (χ1v) is 18.9. The lowest BCUT2D eigenvalue weighted by atomic mass is 10.0. The summed E-state index contributed by atoms with van der Waals surface area (Å²) in [5, 5.41) is 18.2. The standard InChI is InChI=1S/C16H29ClN6O3.C13H28N2O3.C3H2Cl2N4.CH4/c1-22(7-8-25-11-12-26-10-9-24-2)13-3-5-23(6-4-13)16-19-15(18)14(17)20-21-16;1-15(13-3-5-14-6-4-13)7-8-17-11-12-18-10-9-16-2;4-1-2(6)7-3(5)9-8-1;/h13H,3-12H2,1-2H3,(H2,18,19,21);13-14H,3-12H2,1-2H3;(H2,6,7,9);1H4. The molecule has 4 heterocycles. The maximum absolute atomic E-state index is 5.78. The molecule has 2 aliphatic heterocycles. The van der Waals surface area contributed by atoms with Gasteiger partial charge in [0.25, 0.3) is 0 Å². The molecule has 0 bridgehead atoms. The Labute approximate surface area is 336 Å². The number of nitrogens with two attached hydrogens (primary N) is 2. The van der Waals surface area contributed by atoms with Gasteiger partial charge < -0.3 is 59.9 Å². The number of likely N-dealkylation sites (N-methyl/N-ethyl adjacent to an activating group) is 2. The van der Waals surface area contributed by atoms with Crippen LogP contribution in [0.25, 0.3) is 0 Å². The predicted molar refractivity (Wildman–Crippen MR) is 214 cm³/mol. The Kier molecular flexibility index (Phi) is 28.7. The van der Waals surface area contributed by atoms with Crippen molar-refractivity contribution in [1.29, 1.82) is 0 Å². The molecule has 2 fully saturated rings. The second-order valence-electron chi connectivity index (χ2n) is 12.1. The number of ether oxygens (including phenoxy) is 6. The lowest BCUT2D eigenvalue weighted by Crippen LogP contribution is -2.45. The van der Waals surface area contributed by atoms with Crippen LogP contribution in [0.1, 0.15) is 33.1 Å². The molecule has 21 heteroatoms. The average molecular weight is 830 g/mol. The molecule has 0 aliphatic carbocycles. The molecule has 0 spiro atoms. The van der Waals surface area contributed by atoms with E-state index in [1.807, 2.05) is 0 Å². The van der Waals surface area contributed by atoms with Gasteiger partial charge in [0.15, 0.2) is 21.9 Å². The van der Waals surface area contributed by atoms with Gasteiger partial charge in [0, 0.05) is 52.5 Å². The van der Waals surface area contributed by atoms with E-state index in [-0.39, 0.29) is 34.7 Å². The van der Waals surface area contributed by atoms with Crippen LogP contribution < -0.4 is 21.7 Å². The van der Waals surface area contributed by atoms with E-state index in [0.717, 1.165) is 58.7 Å². The number of nitrogens with one attached hydrogen (secondary N) is 1. The van der Waals surface area contributed by atoms with Gasteiger partial charge in [0.1, 0.15) is 0 Å². The molecule has 2 aromatic heterocycles. The fourth-order valence-electron chi connectivity index (χ4n) is 5.22. The maximum Gasteiger partial charge on any atom is 0.247 e. The Morgan fingerprint density at radius 1 is 0.630 bits per heavy atom. The third kappa shape index (κ3) is 21.9. The predicted octanol–water partition coefficient (Wildman–Crippen LogP) is 2.43. The van der Waals surface area contributed by atoms with Gasteiger partial charge in [-0.15, -0.1) is 20.4 Å². The number of piperidine rings is 2. The molecule has 312 valence electrons. The van der Waals surface area contributed by atoms with Gasteiger partial charge in [-0.2, -0.15) is 9.97 Å². The van der Waals surface area contributed by atoms with E-state index in [1.54, 1.807) is 14.2 Å². The number of methoxy groups -OCH3 is 2. The fraction of sp³-hybridized carbons (Fsp3) is 0.818. The van der Waals surface area contributed by atoms with Crippen LogP contribution in [0.5, 0.6) is 0 Å². The third-order valence-electron chi connectivity index (χ3n) is 8.39. The summed E-state index contributed by atoms with van der Waals surface area (Å²) >= 11 is 16.4. The number of anilines is 3. The molecule has 18 nitrogen and oxygen atoms in total. The highest BCUT2D eigenvalue weighted by molar-refractivity contribution is 6.32. The van der Waals surface area contributed by atoms with Crippen molar-refractivity contribution in [3.63, 3.8) is 0 Å². The van der Waals surface area contributed by atoms with Crippen LogP contribution in [0.4, 0.5) is 17.6 Å². The highest BCUT2D eigenvalue weighted by Gasteiger charge is 2.24. The van der Waals surface area contributed by atoms with Crippen molar-refractivity contribution in [2.24, 2.45) is 0 Å². The minimum atomic E-state index is -0.00287. The molecular formula is C33H63Cl3N12O6. The first-order chi connectivity index (χ1) is 25.7. The number of aromatic nitrogens is 6. The zero-order chi connectivity index (χ0) is 38.7. The normalized spacial score (nSPS) is 15.0. The van der Waals surface area contributed by atoms with Crippen LogP contribution in [0.15, 0.2) is 0 Å². The Morgan fingerprint density at radius 3 is 1.50 bits per heavy atom. The maximum atomic E-state index is 5.78. The highest BCUT2D eigenvalue weighted by atomic mass is 35.5. The molecule has 0 amide bonds. The molecule has 54 heavy (non-hydrogen) atoms. The smallest absolute Gasteiger partial charge is 0.247 e. The van der Waals surface area contributed by atoms with Gasteiger partial charge in [0.05, 0.1) is 66.1 Å². The molecular weight excluding hydrogens is 767 g/mol. The molecule has 0 radical (unpaired) electrons. The van der Waals surface area contributed by atoms with Crippen LogP contribution in [-0.4, -0.2) is 186 Å². The Balaban J connectivity index is 0.000000449. The third-order valence-corrected chi connectivity index (χ3v) is 9.09. The van der Waals surface area contributed by atoms with E-state index in [1.165, 1.54) is 12.8 Å². The van der Waals surface area contributed by atoms with Crippen molar-refractivity contribution < 1.29 is 28.4 Å². The molecule has 2 aromatic rings. The summed E-state index contributed by atoms with van der Waals surface area (Å²) in [4.78, 5) is 14.6. The summed E-state index contributed by atoms with van der Waals surface area (Å²) in [6.45, 7) is 12.5. The van der Waals surface area contributed by atoms with Crippen molar-refractivity contribution in [2.45, 2.75) is 45.2 Å². The SMILES string of the molecule is C.COCCOCCOCCN(C)C1CCN(c2nnc(Cl)c(N)n2)CC1.COCCOCCOCCN(C)C1CCNCC1.Nc1nc(Cl)nnc1Cl. The van der Waals surface area contributed by atoms with Gasteiger partial charge in [-0.1, -0.05) is 30.6 Å². The largest absolute Gasteiger partial charge is 0.382 e. The van der Waals surface area contributed by atoms with Crippen molar-refractivity contribution in [2.75, 3.05) is 150 Å². The molecule has 0 saturated carbocycles. The minimum Gasteiger partial charge on any atom is -0.382 e. The quantitative estimate of drug-likeness (QED) is 0.155. The zero-order valence-corrected chi connectivity index (χ0v) is 33.8. The summed E-state index contributed by atoms with van der Waals surface area (Å²) in [7, 11) is 7.66. The lowest BCUT2D eigenvalue weighted by Gasteiger charge is -2.36. The fourth-order valence-corrected chi connectivity index (χ4v) is 5.51. The molecule has 2 aliphatic rings. The highest BCUT2D eigenvalue weighted by Crippen LogP contribution is 2.21. The summed E-state index contributed by atoms with van der Waals surface area (Å²) in [5.41, 5.74) is 10.9. The van der Waals surface area contributed by atoms with Crippen LogP contribution in [-0.2, 0) is 28.4 Å². The Morgan fingerprint density at radius 2 is 1.06 bits per heavy atom. The Bertz CT molecular complexity index is 1220. The zero-order valence-electron chi connectivity index (χ0n) is 31.6. The summed E-state index contributed by atoms with van der Waals surface area (Å²) < 4.78 is 31.7. The van der Waals surface area contributed by atoms with Crippen LogP contribution in [0, 0.1) is 0 Å². The second kappa shape index (κ2) is 31.1. The number of halogens is 3. The van der Waals surface area contributed by atoms with Crippen molar-refractivity contribution >= 4 is 52.4 Å². The first kappa shape index (κ1) is 49.9. The van der Waals surface area contributed by atoms with E-state index in [9.17, 15) is 0 Å². The van der Waals surface area contributed by atoms with Gasteiger partial charge in [-0.05, 0) is 64.5 Å². The van der Waals surface area contributed by atoms with Crippen molar-refractivity contribution in [3.05, 3.63) is 15.6 Å². The van der Waals surface area contributed by atoms with Crippen molar-refractivity contribution in [1.82, 2.24) is 45.5 Å². The van der Waals surface area contributed by atoms with Gasteiger partial charge >= 0.3 is 0 Å².